The van der Waals surface area contributed by atoms with Gasteiger partial charge in [0.05, 0.1) is 13.7 Å². The normalized spacial score (nSPS) is 16.6. The van der Waals surface area contributed by atoms with Gasteiger partial charge in [0, 0.05) is 50.0 Å². The molecule has 0 aliphatic carbocycles. The molecule has 0 saturated carbocycles. The second-order valence-electron chi connectivity index (χ2n) is 6.33. The Morgan fingerprint density at radius 2 is 2.00 bits per heavy atom. The van der Waals surface area contributed by atoms with Crippen molar-refractivity contribution in [2.24, 2.45) is 0 Å². The fourth-order valence-corrected chi connectivity index (χ4v) is 2.94. The van der Waals surface area contributed by atoms with Crippen molar-refractivity contribution in [2.75, 3.05) is 37.0 Å². The zero-order valence-corrected chi connectivity index (χ0v) is 14.8. The molecule has 0 amide bonds. The number of hydrogen-bond acceptors (Lipinski definition) is 7. The van der Waals surface area contributed by atoms with Gasteiger partial charge in [0.25, 0.3) is 0 Å². The predicted octanol–water partition coefficient (Wildman–Crippen LogP) is 2.31. The molecule has 2 aromatic rings. The third-order valence-corrected chi connectivity index (χ3v) is 4.32. The number of nitrogens with zero attached hydrogens (tertiary/aromatic N) is 5. The van der Waals surface area contributed by atoms with E-state index in [9.17, 15) is 0 Å². The molecular weight excluding hydrogens is 323 g/mol. The second-order valence-corrected chi connectivity index (χ2v) is 6.33. The van der Waals surface area contributed by atoms with Gasteiger partial charge >= 0.3 is 0 Å². The summed E-state index contributed by atoms with van der Waals surface area (Å²) in [7, 11) is 1.57. The Morgan fingerprint density at radius 3 is 2.68 bits per heavy atom. The summed E-state index contributed by atoms with van der Waals surface area (Å²) in [4.78, 5) is 19.1. The van der Waals surface area contributed by atoms with Gasteiger partial charge in [-0.2, -0.15) is 4.98 Å². The van der Waals surface area contributed by atoms with E-state index in [2.05, 4.69) is 25.3 Å². The van der Waals surface area contributed by atoms with Gasteiger partial charge in [0.15, 0.2) is 0 Å². The van der Waals surface area contributed by atoms with Gasteiger partial charge in [-0.05, 0) is 13.8 Å². The molecule has 1 N–H and O–H groups in total. The van der Waals surface area contributed by atoms with Gasteiger partial charge in [-0.3, -0.25) is 0 Å². The number of nitrogens with one attached hydrogen (secondary N) is 1. The molecule has 25 heavy (non-hydrogen) atoms. The van der Waals surface area contributed by atoms with Crippen LogP contribution in [0, 0.1) is 13.8 Å². The molecule has 0 bridgehead atoms. The quantitative estimate of drug-likeness (QED) is 0.890. The minimum atomic E-state index is -1.28. The van der Waals surface area contributed by atoms with Crippen LogP contribution < -0.4 is 15.0 Å². The standard InChI is InChI=1S/C17H23FN6O/c1-12-10-14(22-13(2)21-12)20-11-17(18)5-8-24(9-6-17)16-19-7-4-15(23-16)25-3/h4,7,10H,5-6,8-9,11H2,1-3H3,(H,20,21,22). The van der Waals surface area contributed by atoms with Crippen LogP contribution in [0.5, 0.6) is 5.88 Å². The van der Waals surface area contributed by atoms with Crippen molar-refractivity contribution >= 4 is 11.8 Å². The van der Waals surface area contributed by atoms with Gasteiger partial charge in [0.2, 0.25) is 11.8 Å². The van der Waals surface area contributed by atoms with Crippen LogP contribution in [0.4, 0.5) is 16.2 Å². The highest BCUT2D eigenvalue weighted by atomic mass is 19.1. The van der Waals surface area contributed by atoms with E-state index in [1.54, 1.807) is 19.4 Å². The summed E-state index contributed by atoms with van der Waals surface area (Å²) in [6, 6.07) is 3.53. The fourth-order valence-electron chi connectivity index (χ4n) is 2.94. The number of methoxy groups -OCH3 is 1. The lowest BCUT2D eigenvalue weighted by molar-refractivity contribution is 0.140. The van der Waals surface area contributed by atoms with E-state index in [1.165, 1.54) is 0 Å². The minimum Gasteiger partial charge on any atom is -0.481 e. The van der Waals surface area contributed by atoms with Crippen molar-refractivity contribution in [1.29, 1.82) is 0 Å². The summed E-state index contributed by atoms with van der Waals surface area (Å²) in [6.07, 6.45) is 2.47. The van der Waals surface area contributed by atoms with Crippen LogP contribution >= 0.6 is 0 Å². The van der Waals surface area contributed by atoms with Crippen LogP contribution in [-0.2, 0) is 0 Å². The molecular formula is C17H23FN6O. The number of aromatic nitrogens is 4. The Labute approximate surface area is 146 Å². The highest BCUT2D eigenvalue weighted by Gasteiger charge is 2.35. The number of piperidine rings is 1. The van der Waals surface area contributed by atoms with Crippen molar-refractivity contribution in [2.45, 2.75) is 32.4 Å². The van der Waals surface area contributed by atoms with E-state index in [0.717, 1.165) is 5.69 Å². The van der Waals surface area contributed by atoms with E-state index < -0.39 is 5.67 Å². The second kappa shape index (κ2) is 7.16. The largest absolute Gasteiger partial charge is 0.481 e. The average Bonchev–Trinajstić information content (AvgIpc) is 2.60. The van der Waals surface area contributed by atoms with Gasteiger partial charge < -0.3 is 15.0 Å². The summed E-state index contributed by atoms with van der Waals surface area (Å²) < 4.78 is 20.2. The molecule has 1 aliphatic heterocycles. The van der Waals surface area contributed by atoms with Crippen molar-refractivity contribution in [3.63, 3.8) is 0 Å². The third kappa shape index (κ3) is 4.32. The topological polar surface area (TPSA) is 76.1 Å². The zero-order chi connectivity index (χ0) is 17.9. The molecule has 0 spiro atoms. The first-order chi connectivity index (χ1) is 12.0. The first kappa shape index (κ1) is 17.3. The van der Waals surface area contributed by atoms with Crippen LogP contribution in [0.25, 0.3) is 0 Å². The van der Waals surface area contributed by atoms with Crippen molar-refractivity contribution < 1.29 is 9.13 Å². The first-order valence-electron chi connectivity index (χ1n) is 8.34. The number of rotatable bonds is 5. The summed E-state index contributed by atoms with van der Waals surface area (Å²) in [5.41, 5.74) is -0.407. The number of halogens is 1. The molecule has 0 atom stereocenters. The van der Waals surface area contributed by atoms with Gasteiger partial charge in [0.1, 0.15) is 17.3 Å². The molecule has 1 fully saturated rings. The Hall–Kier alpha value is -2.51. The molecule has 0 radical (unpaired) electrons. The van der Waals surface area contributed by atoms with Crippen molar-refractivity contribution in [3.05, 3.63) is 29.8 Å². The molecule has 2 aromatic heterocycles. The molecule has 8 heteroatoms. The number of hydrogen-bond donors (Lipinski definition) is 1. The van der Waals surface area contributed by atoms with E-state index in [0.29, 0.717) is 49.4 Å². The number of aryl methyl sites for hydroxylation is 2. The summed E-state index contributed by atoms with van der Waals surface area (Å²) >= 11 is 0. The van der Waals surface area contributed by atoms with Crippen LogP contribution in [0.3, 0.4) is 0 Å². The van der Waals surface area contributed by atoms with Crippen LogP contribution in [0.15, 0.2) is 18.3 Å². The van der Waals surface area contributed by atoms with E-state index in [4.69, 9.17) is 4.74 Å². The molecule has 3 heterocycles. The first-order valence-corrected chi connectivity index (χ1v) is 8.34. The summed E-state index contributed by atoms with van der Waals surface area (Å²) in [5.74, 6) is 2.44. The molecule has 7 nitrogen and oxygen atoms in total. The lowest BCUT2D eigenvalue weighted by Crippen LogP contribution is -2.46. The molecule has 3 rings (SSSR count). The number of alkyl halides is 1. The zero-order valence-electron chi connectivity index (χ0n) is 14.8. The smallest absolute Gasteiger partial charge is 0.228 e. The van der Waals surface area contributed by atoms with Gasteiger partial charge in [-0.15, -0.1) is 0 Å². The maximum atomic E-state index is 15.1. The SMILES string of the molecule is COc1ccnc(N2CCC(F)(CNc3cc(C)nc(C)n3)CC2)n1. The van der Waals surface area contributed by atoms with Gasteiger partial charge in [-0.1, -0.05) is 0 Å². The van der Waals surface area contributed by atoms with E-state index >= 15 is 4.39 Å². The van der Waals surface area contributed by atoms with Crippen molar-refractivity contribution in [3.8, 4) is 5.88 Å². The van der Waals surface area contributed by atoms with Crippen LogP contribution in [0.1, 0.15) is 24.4 Å². The Bertz CT molecular complexity index is 713. The number of ether oxygens (including phenoxy) is 1. The van der Waals surface area contributed by atoms with Crippen molar-refractivity contribution in [1.82, 2.24) is 19.9 Å². The maximum Gasteiger partial charge on any atom is 0.228 e. The maximum absolute atomic E-state index is 15.1. The monoisotopic (exact) mass is 346 g/mol. The Kier molecular flexibility index (Phi) is 4.96. The lowest BCUT2D eigenvalue weighted by atomic mass is 9.93. The highest BCUT2D eigenvalue weighted by molar-refractivity contribution is 5.37. The molecule has 0 unspecified atom stereocenters. The molecule has 134 valence electrons. The minimum absolute atomic E-state index is 0.232. The summed E-state index contributed by atoms with van der Waals surface area (Å²) in [6.45, 7) is 5.09. The number of anilines is 2. The Balaban J connectivity index is 1.58. The molecule has 1 saturated heterocycles. The fraction of sp³-hybridized carbons (Fsp3) is 0.529. The van der Waals surface area contributed by atoms with Crippen LogP contribution in [0.2, 0.25) is 0 Å². The predicted molar refractivity (Wildman–Crippen MR) is 93.9 cm³/mol. The molecule has 1 aliphatic rings. The summed E-state index contributed by atoms with van der Waals surface area (Å²) in [5, 5.41) is 3.11. The van der Waals surface area contributed by atoms with Crippen LogP contribution in [-0.4, -0.2) is 52.3 Å². The average molecular weight is 346 g/mol. The van der Waals surface area contributed by atoms with Gasteiger partial charge in [-0.25, -0.2) is 19.3 Å². The van der Waals surface area contributed by atoms with E-state index in [-0.39, 0.29) is 6.54 Å². The van der Waals surface area contributed by atoms with E-state index in [1.807, 2.05) is 24.8 Å². The Morgan fingerprint density at radius 1 is 1.24 bits per heavy atom. The molecule has 0 aromatic carbocycles. The lowest BCUT2D eigenvalue weighted by Gasteiger charge is -2.36. The third-order valence-electron chi connectivity index (χ3n) is 4.32. The highest BCUT2D eigenvalue weighted by Crippen LogP contribution is 2.29.